The Morgan fingerprint density at radius 2 is 0.667 bits per heavy atom. The Hall–Kier alpha value is -15.3. The first-order valence-electron chi connectivity index (χ1n) is 38.6. The van der Waals surface area contributed by atoms with Crippen LogP contribution >= 0.6 is 0 Å². The molecule has 4 aromatic heterocycles. The lowest BCUT2D eigenvalue weighted by atomic mass is 9.67. The van der Waals surface area contributed by atoms with Crippen LogP contribution < -0.4 is 0 Å². The minimum Gasteiger partial charge on any atom is -0.309 e. The molecule has 20 aromatic rings. The highest BCUT2D eigenvalue weighted by Crippen LogP contribution is 2.60. The normalized spacial score (nSPS) is 12.7. The third kappa shape index (κ3) is 10.9. The molecule has 0 N–H and O–H groups in total. The van der Waals surface area contributed by atoms with Crippen LogP contribution in [0.15, 0.2) is 413 Å². The van der Waals surface area contributed by atoms with Crippen molar-refractivity contribution >= 4 is 43.6 Å². The lowest BCUT2D eigenvalue weighted by Gasteiger charge is -2.33. The molecular weight excluding hydrogens is 1390 g/mol. The quantitative estimate of drug-likeness (QED) is 0.121. The highest BCUT2D eigenvalue weighted by molar-refractivity contribution is 6.19. The Morgan fingerprint density at radius 3 is 1.25 bits per heavy atom. The Balaban J connectivity index is 0.000000143. The molecule has 0 radical (unpaired) electrons. The summed E-state index contributed by atoms with van der Waals surface area (Å²) in [6.07, 6.45) is 0. The molecule has 2 aliphatic rings. The Morgan fingerprint density at radius 1 is 0.237 bits per heavy atom. The highest BCUT2D eigenvalue weighted by atomic mass is 15.0. The van der Waals surface area contributed by atoms with Crippen LogP contribution in [0, 0.1) is 11.3 Å². The van der Waals surface area contributed by atoms with Crippen molar-refractivity contribution in [3.8, 4) is 108 Å². The molecule has 22 rings (SSSR count). The largest absolute Gasteiger partial charge is 0.309 e. The van der Waals surface area contributed by atoms with E-state index in [1.165, 1.54) is 93.8 Å². The van der Waals surface area contributed by atoms with Gasteiger partial charge in [-0.05, 0) is 152 Å². The molecule has 8 nitrogen and oxygen atoms in total. The van der Waals surface area contributed by atoms with Gasteiger partial charge in [-0.3, -0.25) is 0 Å². The predicted molar refractivity (Wildman–Crippen MR) is 462 cm³/mol. The first-order valence-corrected chi connectivity index (χ1v) is 38.6. The number of rotatable bonds is 12. The number of hydrogen-bond acceptors (Lipinski definition) is 6. The summed E-state index contributed by atoms with van der Waals surface area (Å²) in [7, 11) is 0. The molecular formula is C106H68N8. The minimum atomic E-state index is -0.489. The molecule has 0 saturated carbocycles. The summed E-state index contributed by atoms with van der Waals surface area (Å²) in [5.41, 5.74) is 28.8. The van der Waals surface area contributed by atoms with Crippen molar-refractivity contribution in [2.45, 2.75) is 10.8 Å². The van der Waals surface area contributed by atoms with Crippen molar-refractivity contribution in [1.29, 1.82) is 5.26 Å². The van der Waals surface area contributed by atoms with E-state index in [2.05, 4.69) is 319 Å². The molecule has 0 atom stereocenters. The second-order valence-corrected chi connectivity index (χ2v) is 29.2. The second kappa shape index (κ2) is 27.7. The summed E-state index contributed by atoms with van der Waals surface area (Å²) in [5, 5.41) is 14.6. The number of nitriles is 1. The molecule has 0 amide bonds. The van der Waals surface area contributed by atoms with Crippen molar-refractivity contribution in [3.05, 3.63) is 463 Å². The van der Waals surface area contributed by atoms with Crippen LogP contribution in [0.5, 0.6) is 0 Å². The number of fused-ring (bicyclic) bond motifs is 13. The summed E-state index contributed by atoms with van der Waals surface area (Å²) in [6, 6.07) is 148. The molecule has 8 heteroatoms. The molecule has 114 heavy (non-hydrogen) atoms. The van der Waals surface area contributed by atoms with E-state index in [1.54, 1.807) is 0 Å². The van der Waals surface area contributed by atoms with Crippen LogP contribution in [0.1, 0.15) is 50.1 Å². The maximum Gasteiger partial charge on any atom is 0.164 e. The third-order valence-corrected chi connectivity index (χ3v) is 23.0. The van der Waals surface area contributed by atoms with Crippen LogP contribution in [-0.2, 0) is 10.8 Å². The van der Waals surface area contributed by atoms with Gasteiger partial charge in [0, 0.05) is 66.3 Å². The van der Waals surface area contributed by atoms with E-state index in [0.29, 0.717) is 28.9 Å². The van der Waals surface area contributed by atoms with Gasteiger partial charge in [-0.25, -0.2) is 24.9 Å². The minimum absolute atomic E-state index is 0.463. The fourth-order valence-electron chi connectivity index (χ4n) is 18.2. The average molecular weight is 1450 g/mol. The maximum atomic E-state index is 9.69. The first kappa shape index (κ1) is 66.9. The zero-order chi connectivity index (χ0) is 75.7. The number of benzene rings is 16. The van der Waals surface area contributed by atoms with Crippen molar-refractivity contribution in [2.24, 2.45) is 0 Å². The molecule has 0 aliphatic heterocycles. The van der Waals surface area contributed by atoms with Crippen molar-refractivity contribution in [3.63, 3.8) is 0 Å². The molecule has 0 saturated heterocycles. The van der Waals surface area contributed by atoms with Crippen LogP contribution in [0.3, 0.4) is 0 Å². The van der Waals surface area contributed by atoms with Crippen LogP contribution in [0.4, 0.5) is 0 Å². The average Bonchev–Trinajstić information content (AvgIpc) is 1.53. The summed E-state index contributed by atoms with van der Waals surface area (Å²) in [6.45, 7) is 0. The molecule has 0 unspecified atom stereocenters. The van der Waals surface area contributed by atoms with E-state index >= 15 is 0 Å². The molecule has 16 aromatic carbocycles. The van der Waals surface area contributed by atoms with Gasteiger partial charge in [0.1, 0.15) is 0 Å². The van der Waals surface area contributed by atoms with Crippen LogP contribution in [-0.4, -0.2) is 34.1 Å². The van der Waals surface area contributed by atoms with E-state index in [-0.39, 0.29) is 0 Å². The van der Waals surface area contributed by atoms with Crippen LogP contribution in [0.25, 0.3) is 145 Å². The van der Waals surface area contributed by atoms with E-state index in [9.17, 15) is 5.26 Å². The third-order valence-electron chi connectivity index (χ3n) is 23.0. The van der Waals surface area contributed by atoms with Gasteiger partial charge in [-0.15, -0.1) is 0 Å². The Labute approximate surface area is 659 Å². The van der Waals surface area contributed by atoms with Gasteiger partial charge in [0.15, 0.2) is 23.3 Å². The van der Waals surface area contributed by atoms with Gasteiger partial charge in [0.05, 0.1) is 55.9 Å². The van der Waals surface area contributed by atoms with E-state index in [1.807, 2.05) is 109 Å². The van der Waals surface area contributed by atoms with Crippen molar-refractivity contribution < 1.29 is 0 Å². The SMILES string of the molecule is N#Cc1cccc(-c2cc(-c3ccccc3)nc(-c3cccc(-n4c5ccccc5c5cc6c(cc54)-c4ccccc4C6(c4ccccc4)c4ccccc4)c3)n2)c1.c1ccc(-c2nc(-c3ccccc3)nc(-c3ccc(-n4c5ccccc5c5c6c(ccc54)C(c4ccccc4)(c4ccccc4)c4ccccc4-6)cc3)n2)cc1. The van der Waals surface area contributed by atoms with Gasteiger partial charge in [0.2, 0.25) is 0 Å². The molecule has 0 spiro atoms. The van der Waals surface area contributed by atoms with Crippen molar-refractivity contribution in [1.82, 2.24) is 34.1 Å². The lowest BCUT2D eigenvalue weighted by Crippen LogP contribution is -2.28. The number of hydrogen-bond donors (Lipinski definition) is 0. The van der Waals surface area contributed by atoms with Gasteiger partial charge >= 0.3 is 0 Å². The zero-order valence-corrected chi connectivity index (χ0v) is 61.8. The standard InChI is InChI=1S/C54H34N4.C52H34N4/c55-35-36-16-14-19-38(30-36)50-34-49(37-17-4-1-5-18-37)56-53(57-50)39-20-15-25-42(31-39)58-51-29-13-11-27-44(51)46-32-48-45(33-52(46)58)43-26-10-12-28-47(43)54(48,40-21-6-2-7-22-40)41-23-8-3-9-24-41;1-5-17-35(18-6-1)49-53-50(36-19-7-2-8-20-36)55-51(54-49)37-29-31-40(32-30-37)56-45-28-16-14-26-42(45)48-46(56)34-33-44-47(48)41-25-13-15-27-43(41)52(44,38-21-9-3-10-22-38)39-23-11-4-12-24-39/h1-34H;1-34H. The highest BCUT2D eigenvalue weighted by Gasteiger charge is 2.48. The lowest BCUT2D eigenvalue weighted by molar-refractivity contribution is 0.769. The Kier molecular flexibility index (Phi) is 16.2. The number of aromatic nitrogens is 7. The van der Waals surface area contributed by atoms with Crippen molar-refractivity contribution in [2.75, 3.05) is 0 Å². The maximum absolute atomic E-state index is 9.69. The Bertz CT molecular complexity index is 7000. The monoisotopic (exact) mass is 1450 g/mol. The molecule has 0 bridgehead atoms. The summed E-state index contributed by atoms with van der Waals surface area (Å²) in [4.78, 5) is 25.2. The van der Waals surface area contributed by atoms with Gasteiger partial charge in [0.25, 0.3) is 0 Å². The molecule has 2 aliphatic carbocycles. The number of nitrogens with zero attached hydrogens (tertiary/aromatic N) is 8. The first-order chi connectivity index (χ1) is 56.5. The topological polar surface area (TPSA) is 98.1 Å². The van der Waals surface area contributed by atoms with Gasteiger partial charge < -0.3 is 9.13 Å². The summed E-state index contributed by atoms with van der Waals surface area (Å²) < 4.78 is 4.79. The fourth-order valence-corrected chi connectivity index (χ4v) is 18.2. The zero-order valence-electron chi connectivity index (χ0n) is 61.8. The summed E-state index contributed by atoms with van der Waals surface area (Å²) in [5.74, 6) is 2.56. The smallest absolute Gasteiger partial charge is 0.164 e. The number of para-hydroxylation sites is 2. The molecule has 4 heterocycles. The van der Waals surface area contributed by atoms with Crippen LogP contribution in [0.2, 0.25) is 0 Å². The van der Waals surface area contributed by atoms with E-state index in [0.717, 1.165) is 72.7 Å². The van der Waals surface area contributed by atoms with Gasteiger partial charge in [-0.1, -0.05) is 328 Å². The predicted octanol–water partition coefficient (Wildman–Crippen LogP) is 25.1. The molecule has 0 fully saturated rings. The summed E-state index contributed by atoms with van der Waals surface area (Å²) >= 11 is 0. The van der Waals surface area contributed by atoms with Gasteiger partial charge in [-0.2, -0.15) is 5.26 Å². The fraction of sp³-hybridized carbons (Fsp3) is 0.0189. The van der Waals surface area contributed by atoms with E-state index in [4.69, 9.17) is 24.9 Å². The molecule has 532 valence electrons. The van der Waals surface area contributed by atoms with E-state index < -0.39 is 10.8 Å². The second-order valence-electron chi connectivity index (χ2n) is 29.2.